The normalized spacial score (nSPS) is 12.4. The summed E-state index contributed by atoms with van der Waals surface area (Å²) in [6, 6.07) is 0. The third kappa shape index (κ3) is 2.92. The third-order valence-electron chi connectivity index (χ3n) is 3.36. The van der Waals surface area contributed by atoms with Crippen molar-refractivity contribution in [2.24, 2.45) is 7.05 Å². The highest BCUT2D eigenvalue weighted by molar-refractivity contribution is 8.00. The van der Waals surface area contributed by atoms with Gasteiger partial charge in [0.15, 0.2) is 16.7 Å². The summed E-state index contributed by atoms with van der Waals surface area (Å²) in [6.45, 7) is 6.94. The fraction of sp³-hybridized carbons (Fsp3) is 0.429. The maximum atomic E-state index is 12.6. The van der Waals surface area contributed by atoms with Crippen LogP contribution in [0.4, 0.5) is 0 Å². The van der Waals surface area contributed by atoms with E-state index in [-0.39, 0.29) is 16.8 Å². The molecule has 0 aromatic carbocycles. The third-order valence-corrected chi connectivity index (χ3v) is 4.51. The standard InChI is InChI=1S/C14H18N4O2S/c1-7-11(9(3)19)8(2)16-12(7)13(20)10(4)21-14-17-15-6-18(14)5/h6,10,16H,1-5H3/t10-/m0/s1. The molecule has 2 aromatic rings. The molecular formula is C14H18N4O2S. The van der Waals surface area contributed by atoms with Crippen molar-refractivity contribution in [3.63, 3.8) is 0 Å². The molecule has 0 aliphatic heterocycles. The molecule has 0 aliphatic carbocycles. The summed E-state index contributed by atoms with van der Waals surface area (Å²) in [5.74, 6) is -0.0787. The van der Waals surface area contributed by atoms with Gasteiger partial charge in [0, 0.05) is 18.3 Å². The van der Waals surface area contributed by atoms with E-state index in [2.05, 4.69) is 15.2 Å². The van der Waals surface area contributed by atoms with E-state index in [0.29, 0.717) is 16.4 Å². The number of carbonyl (C=O) groups is 2. The molecule has 0 radical (unpaired) electrons. The van der Waals surface area contributed by atoms with Crippen LogP contribution in [-0.2, 0) is 7.05 Å². The van der Waals surface area contributed by atoms with Crippen LogP contribution in [0.15, 0.2) is 11.5 Å². The number of hydrogen-bond donors (Lipinski definition) is 1. The molecule has 2 aromatic heterocycles. The number of aryl methyl sites for hydroxylation is 2. The van der Waals surface area contributed by atoms with E-state index in [1.54, 1.807) is 24.7 Å². The Balaban J connectivity index is 2.26. The molecule has 6 nitrogen and oxygen atoms in total. The van der Waals surface area contributed by atoms with Gasteiger partial charge < -0.3 is 9.55 Å². The Bertz CT molecular complexity index is 702. The number of thioether (sulfide) groups is 1. The molecule has 0 fully saturated rings. The van der Waals surface area contributed by atoms with Crippen LogP contribution in [0.1, 0.15) is 46.0 Å². The maximum Gasteiger partial charge on any atom is 0.192 e. The zero-order valence-electron chi connectivity index (χ0n) is 12.7. The van der Waals surface area contributed by atoms with E-state index >= 15 is 0 Å². The molecule has 0 amide bonds. The first-order chi connectivity index (χ1) is 9.82. The van der Waals surface area contributed by atoms with Gasteiger partial charge in [0.1, 0.15) is 6.33 Å². The van der Waals surface area contributed by atoms with Crippen molar-refractivity contribution >= 4 is 23.3 Å². The van der Waals surface area contributed by atoms with Gasteiger partial charge in [-0.2, -0.15) is 0 Å². The summed E-state index contributed by atoms with van der Waals surface area (Å²) >= 11 is 1.35. The van der Waals surface area contributed by atoms with E-state index in [1.165, 1.54) is 18.7 Å². The molecule has 21 heavy (non-hydrogen) atoms. The number of aromatic amines is 1. The van der Waals surface area contributed by atoms with E-state index < -0.39 is 0 Å². The number of Topliss-reactive ketones (excluding diaryl/α,β-unsaturated/α-hetero) is 2. The maximum absolute atomic E-state index is 12.6. The van der Waals surface area contributed by atoms with Crippen LogP contribution in [0, 0.1) is 13.8 Å². The lowest BCUT2D eigenvalue weighted by molar-refractivity contribution is 0.0988. The number of carbonyl (C=O) groups excluding carboxylic acids is 2. The summed E-state index contributed by atoms with van der Waals surface area (Å²) < 4.78 is 1.77. The smallest absolute Gasteiger partial charge is 0.192 e. The van der Waals surface area contributed by atoms with E-state index in [1.807, 2.05) is 14.0 Å². The number of hydrogen-bond acceptors (Lipinski definition) is 5. The first-order valence-corrected chi connectivity index (χ1v) is 7.45. The highest BCUT2D eigenvalue weighted by Gasteiger charge is 2.25. The van der Waals surface area contributed by atoms with Crippen LogP contribution in [0.3, 0.4) is 0 Å². The Morgan fingerprint density at radius 1 is 1.38 bits per heavy atom. The molecule has 7 heteroatoms. The van der Waals surface area contributed by atoms with Crippen molar-refractivity contribution in [3.05, 3.63) is 28.8 Å². The Kier molecular flexibility index (Phi) is 4.32. The number of ketones is 2. The van der Waals surface area contributed by atoms with Crippen LogP contribution >= 0.6 is 11.8 Å². The fourth-order valence-electron chi connectivity index (χ4n) is 2.32. The summed E-state index contributed by atoms with van der Waals surface area (Å²) in [6.07, 6.45) is 1.59. The van der Waals surface area contributed by atoms with Crippen molar-refractivity contribution in [2.45, 2.75) is 38.1 Å². The van der Waals surface area contributed by atoms with Gasteiger partial charge in [-0.3, -0.25) is 9.59 Å². The number of H-pyrrole nitrogens is 1. The van der Waals surface area contributed by atoms with Gasteiger partial charge in [-0.1, -0.05) is 11.8 Å². The molecule has 0 unspecified atom stereocenters. The van der Waals surface area contributed by atoms with Crippen LogP contribution in [-0.4, -0.2) is 36.6 Å². The number of aromatic nitrogens is 4. The second-order valence-corrected chi connectivity index (χ2v) is 6.34. The monoisotopic (exact) mass is 306 g/mol. The number of rotatable bonds is 5. The van der Waals surface area contributed by atoms with Crippen molar-refractivity contribution in [1.82, 2.24) is 19.7 Å². The molecule has 112 valence electrons. The highest BCUT2D eigenvalue weighted by Crippen LogP contribution is 2.26. The molecule has 0 spiro atoms. The van der Waals surface area contributed by atoms with Crippen LogP contribution < -0.4 is 0 Å². The van der Waals surface area contributed by atoms with Gasteiger partial charge in [-0.15, -0.1) is 10.2 Å². The molecule has 2 heterocycles. The van der Waals surface area contributed by atoms with Gasteiger partial charge in [-0.05, 0) is 33.3 Å². The fourth-order valence-corrected chi connectivity index (χ4v) is 3.17. The Morgan fingerprint density at radius 2 is 2.05 bits per heavy atom. The van der Waals surface area contributed by atoms with Crippen molar-refractivity contribution in [2.75, 3.05) is 0 Å². The Labute approximate surface area is 127 Å². The molecule has 1 N–H and O–H groups in total. The lowest BCUT2D eigenvalue weighted by atomic mass is 10.0. The van der Waals surface area contributed by atoms with Crippen LogP contribution in [0.25, 0.3) is 0 Å². The SMILES string of the molecule is CC(=O)c1c(C)[nH]c(C(=O)[C@H](C)Sc2nncn2C)c1C. The van der Waals surface area contributed by atoms with E-state index in [0.717, 1.165) is 11.3 Å². The van der Waals surface area contributed by atoms with Gasteiger partial charge in [0.05, 0.1) is 10.9 Å². The largest absolute Gasteiger partial charge is 0.355 e. The molecule has 0 bridgehead atoms. The van der Waals surface area contributed by atoms with Gasteiger partial charge in [0.2, 0.25) is 0 Å². The number of nitrogens with one attached hydrogen (secondary N) is 1. The second-order valence-electron chi connectivity index (χ2n) is 5.03. The minimum Gasteiger partial charge on any atom is -0.355 e. The quantitative estimate of drug-likeness (QED) is 0.677. The first kappa shape index (κ1) is 15.5. The molecule has 1 atom stereocenters. The molecule has 0 saturated heterocycles. The van der Waals surface area contributed by atoms with Crippen molar-refractivity contribution in [1.29, 1.82) is 0 Å². The average Bonchev–Trinajstić information content (AvgIpc) is 2.92. The van der Waals surface area contributed by atoms with E-state index in [9.17, 15) is 9.59 Å². The van der Waals surface area contributed by atoms with Gasteiger partial charge >= 0.3 is 0 Å². The second kappa shape index (κ2) is 5.85. The predicted octanol–water partition coefficient (Wildman–Crippen LogP) is 2.33. The Hall–Kier alpha value is -1.89. The summed E-state index contributed by atoms with van der Waals surface area (Å²) in [5, 5.41) is 8.13. The van der Waals surface area contributed by atoms with E-state index in [4.69, 9.17) is 0 Å². The number of nitrogens with zero attached hydrogens (tertiary/aromatic N) is 3. The van der Waals surface area contributed by atoms with Gasteiger partial charge in [0.25, 0.3) is 0 Å². The Morgan fingerprint density at radius 3 is 2.52 bits per heavy atom. The van der Waals surface area contributed by atoms with Gasteiger partial charge in [-0.25, -0.2) is 0 Å². The zero-order valence-corrected chi connectivity index (χ0v) is 13.5. The van der Waals surface area contributed by atoms with Crippen molar-refractivity contribution < 1.29 is 9.59 Å². The first-order valence-electron chi connectivity index (χ1n) is 6.57. The highest BCUT2D eigenvalue weighted by atomic mass is 32.2. The summed E-state index contributed by atoms with van der Waals surface area (Å²) in [7, 11) is 1.83. The topological polar surface area (TPSA) is 80.6 Å². The van der Waals surface area contributed by atoms with Crippen LogP contribution in [0.2, 0.25) is 0 Å². The van der Waals surface area contributed by atoms with Crippen LogP contribution in [0.5, 0.6) is 0 Å². The predicted molar refractivity (Wildman–Crippen MR) is 80.9 cm³/mol. The minimum absolute atomic E-state index is 0.0334. The molecule has 2 rings (SSSR count). The zero-order chi connectivity index (χ0) is 15.7. The lowest BCUT2D eigenvalue weighted by Gasteiger charge is -2.09. The summed E-state index contributed by atoms with van der Waals surface area (Å²) in [4.78, 5) is 27.2. The molecular weight excluding hydrogens is 288 g/mol. The van der Waals surface area contributed by atoms with Crippen molar-refractivity contribution in [3.8, 4) is 0 Å². The molecule has 0 aliphatic rings. The average molecular weight is 306 g/mol. The molecule has 0 saturated carbocycles. The minimum atomic E-state index is -0.315. The lowest BCUT2D eigenvalue weighted by Crippen LogP contribution is -2.16. The summed E-state index contributed by atoms with van der Waals surface area (Å²) in [5.41, 5.74) is 2.56.